The van der Waals surface area contributed by atoms with Gasteiger partial charge in [-0.2, -0.15) is 0 Å². The van der Waals surface area contributed by atoms with Crippen LogP contribution < -0.4 is 5.32 Å². The van der Waals surface area contributed by atoms with Gasteiger partial charge in [-0.15, -0.1) is 11.8 Å². The Morgan fingerprint density at radius 2 is 2.43 bits per heavy atom. The van der Waals surface area contributed by atoms with Gasteiger partial charge in [-0.25, -0.2) is 0 Å². The summed E-state index contributed by atoms with van der Waals surface area (Å²) in [6.45, 7) is 2.24. The first-order chi connectivity index (χ1) is 6.79. The van der Waals surface area contributed by atoms with Crippen LogP contribution in [-0.2, 0) is 0 Å². The molecule has 76 valence electrons. The van der Waals surface area contributed by atoms with Gasteiger partial charge in [0.1, 0.15) is 0 Å². The van der Waals surface area contributed by atoms with E-state index in [0.717, 1.165) is 4.47 Å². The van der Waals surface area contributed by atoms with Crippen LogP contribution in [0.25, 0.3) is 0 Å². The molecule has 0 spiro atoms. The maximum absolute atomic E-state index is 3.63. The van der Waals surface area contributed by atoms with Gasteiger partial charge < -0.3 is 0 Å². The molecule has 1 aliphatic heterocycles. The molecular weight excluding hydrogens is 258 g/mol. The van der Waals surface area contributed by atoms with Crippen LogP contribution in [0.4, 0.5) is 0 Å². The molecule has 0 saturated carbocycles. The first-order valence-corrected chi connectivity index (χ1v) is 6.77. The van der Waals surface area contributed by atoms with Crippen LogP contribution in [0.1, 0.15) is 24.3 Å². The topological polar surface area (TPSA) is 12.0 Å². The van der Waals surface area contributed by atoms with Gasteiger partial charge in [0.2, 0.25) is 0 Å². The number of rotatable bonds is 2. The molecule has 2 atom stereocenters. The van der Waals surface area contributed by atoms with E-state index in [1.807, 2.05) is 11.8 Å². The zero-order valence-electron chi connectivity index (χ0n) is 8.16. The first kappa shape index (κ1) is 10.5. The summed E-state index contributed by atoms with van der Waals surface area (Å²) in [6, 6.07) is 9.24. The van der Waals surface area contributed by atoms with Crippen molar-refractivity contribution >= 4 is 27.7 Å². The van der Waals surface area contributed by atoms with Crippen molar-refractivity contribution < 1.29 is 0 Å². The van der Waals surface area contributed by atoms with E-state index in [4.69, 9.17) is 0 Å². The van der Waals surface area contributed by atoms with E-state index in [9.17, 15) is 0 Å². The zero-order valence-corrected chi connectivity index (χ0v) is 10.6. The van der Waals surface area contributed by atoms with Crippen LogP contribution in [-0.4, -0.2) is 11.8 Å². The highest BCUT2D eigenvalue weighted by Crippen LogP contribution is 2.34. The van der Waals surface area contributed by atoms with E-state index in [1.54, 1.807) is 0 Å². The number of nitrogens with one attached hydrogen (secondary N) is 1. The van der Waals surface area contributed by atoms with Crippen LogP contribution in [0.3, 0.4) is 0 Å². The van der Waals surface area contributed by atoms with Gasteiger partial charge in [0, 0.05) is 16.3 Å². The lowest BCUT2D eigenvalue weighted by Crippen LogP contribution is -2.24. The SMILES string of the molecule is CCC1CSC(c2cccc(Br)c2)N1. The van der Waals surface area contributed by atoms with Crippen molar-refractivity contribution in [1.82, 2.24) is 5.32 Å². The van der Waals surface area contributed by atoms with Gasteiger partial charge in [0.05, 0.1) is 5.37 Å². The van der Waals surface area contributed by atoms with Crippen LogP contribution in [0.2, 0.25) is 0 Å². The molecule has 1 aromatic rings. The van der Waals surface area contributed by atoms with E-state index >= 15 is 0 Å². The van der Waals surface area contributed by atoms with Gasteiger partial charge in [-0.1, -0.05) is 35.0 Å². The van der Waals surface area contributed by atoms with Crippen molar-refractivity contribution in [1.29, 1.82) is 0 Å². The molecule has 3 heteroatoms. The zero-order chi connectivity index (χ0) is 9.97. The molecule has 1 aromatic carbocycles. The Morgan fingerprint density at radius 3 is 3.07 bits per heavy atom. The van der Waals surface area contributed by atoms with Crippen LogP contribution in [0, 0.1) is 0 Å². The summed E-state index contributed by atoms with van der Waals surface area (Å²) >= 11 is 5.51. The summed E-state index contributed by atoms with van der Waals surface area (Å²) in [5.41, 5.74) is 1.38. The Balaban J connectivity index is 2.09. The van der Waals surface area contributed by atoms with E-state index < -0.39 is 0 Å². The van der Waals surface area contributed by atoms with Crippen molar-refractivity contribution in [2.75, 3.05) is 5.75 Å². The lowest BCUT2D eigenvalue weighted by atomic mass is 10.2. The Labute approximate surface area is 97.8 Å². The highest BCUT2D eigenvalue weighted by Gasteiger charge is 2.23. The maximum Gasteiger partial charge on any atom is 0.0792 e. The quantitative estimate of drug-likeness (QED) is 0.883. The predicted molar refractivity (Wildman–Crippen MR) is 66.6 cm³/mol. The summed E-state index contributed by atoms with van der Waals surface area (Å²) in [5, 5.41) is 4.11. The van der Waals surface area contributed by atoms with Crippen molar-refractivity contribution in [3.63, 3.8) is 0 Å². The normalized spacial score (nSPS) is 26.7. The smallest absolute Gasteiger partial charge is 0.0792 e. The fraction of sp³-hybridized carbons (Fsp3) is 0.455. The third-order valence-electron chi connectivity index (χ3n) is 2.50. The van der Waals surface area contributed by atoms with Crippen molar-refractivity contribution in [2.45, 2.75) is 24.8 Å². The second kappa shape index (κ2) is 4.69. The molecule has 2 rings (SSSR count). The van der Waals surface area contributed by atoms with Crippen LogP contribution in [0.15, 0.2) is 28.7 Å². The van der Waals surface area contributed by atoms with Gasteiger partial charge in [-0.05, 0) is 24.1 Å². The maximum atomic E-state index is 3.63. The number of halogens is 1. The molecule has 0 aromatic heterocycles. The minimum Gasteiger partial charge on any atom is -0.298 e. The number of benzene rings is 1. The summed E-state index contributed by atoms with van der Waals surface area (Å²) < 4.78 is 1.16. The number of hydrogen-bond acceptors (Lipinski definition) is 2. The fourth-order valence-corrected chi connectivity index (χ4v) is 3.42. The van der Waals surface area contributed by atoms with Gasteiger partial charge >= 0.3 is 0 Å². The second-order valence-electron chi connectivity index (χ2n) is 3.54. The van der Waals surface area contributed by atoms with Gasteiger partial charge in [0.15, 0.2) is 0 Å². The molecule has 0 radical (unpaired) electrons. The van der Waals surface area contributed by atoms with Crippen molar-refractivity contribution in [2.24, 2.45) is 0 Å². The molecule has 1 N–H and O–H groups in total. The summed E-state index contributed by atoms with van der Waals surface area (Å²) in [6.07, 6.45) is 1.22. The van der Waals surface area contributed by atoms with Crippen LogP contribution >= 0.6 is 27.7 Å². The van der Waals surface area contributed by atoms with E-state index in [-0.39, 0.29) is 0 Å². The van der Waals surface area contributed by atoms with Gasteiger partial charge in [-0.3, -0.25) is 5.32 Å². The third kappa shape index (κ3) is 2.33. The lowest BCUT2D eigenvalue weighted by Gasteiger charge is -2.12. The molecule has 0 amide bonds. The minimum absolute atomic E-state index is 0.484. The monoisotopic (exact) mass is 271 g/mol. The van der Waals surface area contributed by atoms with E-state index in [2.05, 4.69) is 52.4 Å². The molecule has 1 aliphatic rings. The second-order valence-corrected chi connectivity index (χ2v) is 5.59. The molecule has 0 aliphatic carbocycles. The molecule has 1 saturated heterocycles. The third-order valence-corrected chi connectivity index (χ3v) is 4.33. The van der Waals surface area contributed by atoms with Crippen molar-refractivity contribution in [3.8, 4) is 0 Å². The average molecular weight is 272 g/mol. The molecule has 14 heavy (non-hydrogen) atoms. The Morgan fingerprint density at radius 1 is 1.57 bits per heavy atom. The first-order valence-electron chi connectivity index (χ1n) is 4.92. The Kier molecular flexibility index (Phi) is 3.52. The Bertz CT molecular complexity index is 316. The summed E-state index contributed by atoms with van der Waals surface area (Å²) in [5.74, 6) is 1.23. The highest BCUT2D eigenvalue weighted by molar-refractivity contribution is 9.10. The lowest BCUT2D eigenvalue weighted by molar-refractivity contribution is 0.561. The highest BCUT2D eigenvalue weighted by atomic mass is 79.9. The molecule has 2 unspecified atom stereocenters. The summed E-state index contributed by atoms with van der Waals surface area (Å²) in [4.78, 5) is 0. The average Bonchev–Trinajstić information content (AvgIpc) is 2.66. The van der Waals surface area contributed by atoms with Gasteiger partial charge in [0.25, 0.3) is 0 Å². The standard InChI is InChI=1S/C11H14BrNS/c1-2-10-7-14-11(13-10)8-4-3-5-9(12)6-8/h3-6,10-11,13H,2,7H2,1H3. The summed E-state index contributed by atoms with van der Waals surface area (Å²) in [7, 11) is 0. The van der Waals surface area contributed by atoms with Crippen LogP contribution in [0.5, 0.6) is 0 Å². The minimum atomic E-state index is 0.484. The molecule has 1 nitrogen and oxygen atoms in total. The molecule has 0 bridgehead atoms. The number of hydrogen-bond donors (Lipinski definition) is 1. The fourth-order valence-electron chi connectivity index (χ4n) is 1.62. The van der Waals surface area contributed by atoms with E-state index in [1.165, 1.54) is 17.7 Å². The largest absolute Gasteiger partial charge is 0.298 e. The Hall–Kier alpha value is 0.01000. The predicted octanol–water partition coefficient (Wildman–Crippen LogP) is 3.56. The van der Waals surface area contributed by atoms with Crippen molar-refractivity contribution in [3.05, 3.63) is 34.3 Å². The molecular formula is C11H14BrNS. The molecule has 1 fully saturated rings. The molecule has 1 heterocycles. The van der Waals surface area contributed by atoms with E-state index in [0.29, 0.717) is 11.4 Å². The number of thioether (sulfide) groups is 1.